The van der Waals surface area contributed by atoms with Gasteiger partial charge in [-0.05, 0) is 101 Å². The average Bonchev–Trinajstić information content (AvgIpc) is 3.17. The van der Waals surface area contributed by atoms with E-state index >= 15 is 0 Å². The van der Waals surface area contributed by atoms with Crippen molar-refractivity contribution >= 4 is 11.9 Å². The molecule has 2 saturated carbocycles. The Morgan fingerprint density at radius 2 is 1.07 bits per heavy atom. The maximum Gasteiger partial charge on any atom is 0.308 e. The molecule has 2 aliphatic carbocycles. The van der Waals surface area contributed by atoms with E-state index < -0.39 is 0 Å². The number of hydrogen-bond acceptors (Lipinski definition) is 6. The summed E-state index contributed by atoms with van der Waals surface area (Å²) >= 11 is 0. The predicted octanol–water partition coefficient (Wildman–Crippen LogP) is 13.4. The van der Waals surface area contributed by atoms with Gasteiger partial charge in [0.2, 0.25) is 0 Å². The molecule has 0 radical (unpaired) electrons. The Balaban J connectivity index is 1.61. The Morgan fingerprint density at radius 1 is 0.564 bits per heavy atom. The summed E-state index contributed by atoms with van der Waals surface area (Å²) in [7, 11) is 0. The van der Waals surface area contributed by atoms with Gasteiger partial charge in [0.25, 0.3) is 0 Å². The highest BCUT2D eigenvalue weighted by Gasteiger charge is 2.34. The molecule has 0 aromatic rings. The van der Waals surface area contributed by atoms with E-state index in [1.165, 1.54) is 128 Å². The summed E-state index contributed by atoms with van der Waals surface area (Å²) in [5, 5.41) is 9.87. The lowest BCUT2D eigenvalue weighted by Crippen LogP contribution is -2.39. The summed E-state index contributed by atoms with van der Waals surface area (Å²) in [6.07, 6.45) is 37.6. The smallest absolute Gasteiger partial charge is 0.308 e. The third kappa shape index (κ3) is 24.4. The van der Waals surface area contributed by atoms with Crippen molar-refractivity contribution < 1.29 is 24.2 Å². The van der Waals surface area contributed by atoms with Crippen molar-refractivity contribution in [2.24, 2.45) is 29.6 Å². The highest BCUT2D eigenvalue weighted by atomic mass is 16.5. The minimum Gasteiger partial charge on any atom is -0.465 e. The molecule has 0 bridgehead atoms. The molecule has 4 unspecified atom stereocenters. The molecule has 0 aromatic heterocycles. The van der Waals surface area contributed by atoms with Gasteiger partial charge < -0.3 is 19.5 Å². The monoisotopic (exact) mass is 776 g/mol. The van der Waals surface area contributed by atoms with E-state index in [1.54, 1.807) is 0 Å². The van der Waals surface area contributed by atoms with Crippen molar-refractivity contribution in [3.63, 3.8) is 0 Å². The van der Waals surface area contributed by atoms with E-state index in [0.717, 1.165) is 103 Å². The fourth-order valence-electron chi connectivity index (χ4n) is 9.44. The summed E-state index contributed by atoms with van der Waals surface area (Å²) in [4.78, 5) is 28.7. The van der Waals surface area contributed by atoms with Crippen molar-refractivity contribution in [3.05, 3.63) is 0 Å². The first-order chi connectivity index (χ1) is 26.9. The fraction of sp³-hybridized carbons (Fsp3) is 0.959. The Morgan fingerprint density at radius 3 is 1.69 bits per heavy atom. The number of carbonyl (C=O) groups excluding carboxylic acids is 2. The Hall–Kier alpha value is -1.14. The van der Waals surface area contributed by atoms with E-state index in [1.807, 2.05) is 0 Å². The van der Waals surface area contributed by atoms with Gasteiger partial charge in [0.05, 0.1) is 31.2 Å². The van der Waals surface area contributed by atoms with Crippen molar-refractivity contribution in [3.8, 4) is 0 Å². The molecule has 0 amide bonds. The minimum absolute atomic E-state index is 0.0587. The van der Waals surface area contributed by atoms with E-state index in [-0.39, 0.29) is 29.9 Å². The molecule has 2 fully saturated rings. The van der Waals surface area contributed by atoms with Crippen LogP contribution in [0, 0.1) is 29.6 Å². The summed E-state index contributed by atoms with van der Waals surface area (Å²) in [5.74, 6) is 2.50. The number of esters is 2. The first-order valence-electron chi connectivity index (χ1n) is 24.6. The van der Waals surface area contributed by atoms with Crippen LogP contribution in [0.25, 0.3) is 0 Å². The van der Waals surface area contributed by atoms with Crippen LogP contribution >= 0.6 is 0 Å². The van der Waals surface area contributed by atoms with Gasteiger partial charge in [-0.15, -0.1) is 0 Å². The van der Waals surface area contributed by atoms with Crippen molar-refractivity contribution in [1.29, 1.82) is 0 Å². The van der Waals surface area contributed by atoms with Crippen LogP contribution in [0.5, 0.6) is 0 Å². The molecule has 324 valence electrons. The van der Waals surface area contributed by atoms with E-state index in [4.69, 9.17) is 9.47 Å². The van der Waals surface area contributed by atoms with Gasteiger partial charge in [0.1, 0.15) is 0 Å². The highest BCUT2D eigenvalue weighted by Crippen LogP contribution is 2.40. The number of ether oxygens (including phenoxy) is 2. The molecular formula is C49H93NO5. The van der Waals surface area contributed by atoms with Crippen LogP contribution in [0.4, 0.5) is 0 Å². The van der Waals surface area contributed by atoms with Crippen molar-refractivity contribution in [1.82, 2.24) is 4.90 Å². The van der Waals surface area contributed by atoms with Crippen LogP contribution in [0.2, 0.25) is 0 Å². The third-order valence-corrected chi connectivity index (χ3v) is 13.2. The van der Waals surface area contributed by atoms with Gasteiger partial charge in [-0.2, -0.15) is 0 Å². The van der Waals surface area contributed by atoms with E-state index in [2.05, 4.69) is 32.6 Å². The Labute approximate surface area is 341 Å². The molecule has 0 heterocycles. The first-order valence-corrected chi connectivity index (χ1v) is 24.6. The maximum absolute atomic E-state index is 13.0. The largest absolute Gasteiger partial charge is 0.465 e. The second kappa shape index (κ2) is 33.8. The SMILES string of the molecule is CCCCCCCCC(CCCCCC)C(=O)OCCCCCCN(CCCCCCOC(=O)C1CCC(CCCCC)C(CCCC)C1)CC1CC(O)C1. The Bertz CT molecular complexity index is 876. The molecule has 1 N–H and O–H groups in total. The number of hydrogen-bond donors (Lipinski definition) is 1. The quantitative estimate of drug-likeness (QED) is 0.0500. The number of carbonyl (C=O) groups is 2. The molecular weight excluding hydrogens is 683 g/mol. The van der Waals surface area contributed by atoms with Crippen molar-refractivity contribution in [2.75, 3.05) is 32.8 Å². The number of rotatable bonds is 37. The lowest BCUT2D eigenvalue weighted by atomic mass is 9.70. The van der Waals surface area contributed by atoms with Gasteiger partial charge in [-0.25, -0.2) is 0 Å². The molecule has 4 atom stereocenters. The first kappa shape index (κ1) is 50.0. The highest BCUT2D eigenvalue weighted by molar-refractivity contribution is 5.72. The van der Waals surface area contributed by atoms with Crippen LogP contribution in [0.3, 0.4) is 0 Å². The van der Waals surface area contributed by atoms with E-state index in [0.29, 0.717) is 25.0 Å². The fourth-order valence-corrected chi connectivity index (χ4v) is 9.44. The van der Waals surface area contributed by atoms with Gasteiger partial charge >= 0.3 is 11.9 Å². The zero-order chi connectivity index (χ0) is 39.8. The zero-order valence-corrected chi connectivity index (χ0v) is 37.2. The van der Waals surface area contributed by atoms with Crippen LogP contribution in [0.15, 0.2) is 0 Å². The summed E-state index contributed by atoms with van der Waals surface area (Å²) in [6.45, 7) is 13.5. The lowest BCUT2D eigenvalue weighted by Gasteiger charge is -2.36. The number of unbranched alkanes of at least 4 members (excludes halogenated alkanes) is 17. The molecule has 0 saturated heterocycles. The maximum atomic E-state index is 13.0. The Kier molecular flexibility index (Phi) is 30.7. The van der Waals surface area contributed by atoms with Crippen LogP contribution in [-0.2, 0) is 19.1 Å². The summed E-state index contributed by atoms with van der Waals surface area (Å²) < 4.78 is 11.7. The normalized spacial score (nSPS) is 21.7. The molecule has 55 heavy (non-hydrogen) atoms. The lowest BCUT2D eigenvalue weighted by molar-refractivity contribution is -0.151. The molecule has 0 spiro atoms. The number of aliphatic hydroxyl groups excluding tert-OH is 1. The molecule has 0 aliphatic heterocycles. The molecule has 2 rings (SSSR count). The number of aliphatic hydroxyl groups is 1. The standard InChI is InChI=1S/C49H93NO5/c1-5-9-13-15-16-23-31-44(30-22-14-10-6-2)48(52)54-36-26-19-17-24-34-50(41-42-38-47(51)39-42)35-25-18-20-27-37-55-49(53)46-33-32-43(29-21-11-7-3)45(40-46)28-12-8-4/h42-47,51H,5-41H2,1-4H3. The molecule has 0 aromatic carbocycles. The van der Waals surface area contributed by atoms with Gasteiger partial charge in [0, 0.05) is 6.54 Å². The average molecular weight is 776 g/mol. The van der Waals surface area contributed by atoms with Crippen molar-refractivity contribution in [2.45, 2.75) is 239 Å². The predicted molar refractivity (Wildman–Crippen MR) is 232 cm³/mol. The number of nitrogens with zero attached hydrogens (tertiary/aromatic N) is 1. The summed E-state index contributed by atoms with van der Waals surface area (Å²) in [5.41, 5.74) is 0. The molecule has 2 aliphatic rings. The second-order valence-electron chi connectivity index (χ2n) is 18.2. The second-order valence-corrected chi connectivity index (χ2v) is 18.2. The summed E-state index contributed by atoms with van der Waals surface area (Å²) in [6, 6.07) is 0. The van der Waals surface area contributed by atoms with Gasteiger partial charge in [-0.1, -0.05) is 163 Å². The van der Waals surface area contributed by atoms with Crippen LogP contribution < -0.4 is 0 Å². The molecule has 6 heteroatoms. The molecule has 6 nitrogen and oxygen atoms in total. The van der Waals surface area contributed by atoms with Gasteiger partial charge in [0.15, 0.2) is 0 Å². The van der Waals surface area contributed by atoms with Gasteiger partial charge in [-0.3, -0.25) is 9.59 Å². The minimum atomic E-state index is -0.0953. The zero-order valence-electron chi connectivity index (χ0n) is 37.2. The van der Waals surface area contributed by atoms with E-state index in [9.17, 15) is 14.7 Å². The van der Waals surface area contributed by atoms with Crippen LogP contribution in [-0.4, -0.2) is 60.9 Å². The third-order valence-electron chi connectivity index (χ3n) is 13.2. The topological polar surface area (TPSA) is 76.1 Å². The van der Waals surface area contributed by atoms with Crippen LogP contribution in [0.1, 0.15) is 233 Å².